The van der Waals surface area contributed by atoms with Crippen molar-refractivity contribution in [1.29, 1.82) is 0 Å². The molecule has 2 aliphatic rings. The monoisotopic (exact) mass is 390 g/mol. The minimum atomic E-state index is -0.215. The van der Waals surface area contributed by atoms with Crippen LogP contribution in [0, 0.1) is 0 Å². The van der Waals surface area contributed by atoms with Gasteiger partial charge in [-0.05, 0) is 13.5 Å². The van der Waals surface area contributed by atoms with Gasteiger partial charge < -0.3 is 24.6 Å². The van der Waals surface area contributed by atoms with Crippen LogP contribution in [-0.2, 0) is 9.59 Å². The predicted molar refractivity (Wildman–Crippen MR) is 107 cm³/mol. The van der Waals surface area contributed by atoms with Gasteiger partial charge >= 0.3 is 0 Å². The molecule has 1 N–H and O–H groups in total. The van der Waals surface area contributed by atoms with Gasteiger partial charge in [-0.2, -0.15) is 0 Å². The van der Waals surface area contributed by atoms with Crippen LogP contribution < -0.4 is 19.7 Å². The summed E-state index contributed by atoms with van der Waals surface area (Å²) in [5, 5.41) is 3.25. The quantitative estimate of drug-likeness (QED) is 0.734. The first-order valence-electron chi connectivity index (χ1n) is 9.76. The first-order valence-corrected chi connectivity index (χ1v) is 9.76. The van der Waals surface area contributed by atoms with Gasteiger partial charge in [0.2, 0.25) is 11.8 Å². The van der Waals surface area contributed by atoms with Crippen LogP contribution in [-0.4, -0.2) is 88.2 Å². The Balaban J connectivity index is 1.59. The maximum atomic E-state index is 13.0. The summed E-state index contributed by atoms with van der Waals surface area (Å²) in [5.74, 6) is 1.52. The van der Waals surface area contributed by atoms with Gasteiger partial charge in [0.05, 0.1) is 25.9 Å². The molecule has 2 heterocycles. The van der Waals surface area contributed by atoms with Gasteiger partial charge in [-0.1, -0.05) is 0 Å². The molecule has 0 saturated carbocycles. The Kier molecular flexibility index (Phi) is 6.74. The van der Waals surface area contributed by atoms with Crippen molar-refractivity contribution in [2.24, 2.45) is 0 Å². The Hall–Kier alpha value is -2.32. The van der Waals surface area contributed by atoms with E-state index in [2.05, 4.69) is 5.32 Å². The van der Waals surface area contributed by atoms with Crippen molar-refractivity contribution >= 4 is 17.5 Å². The Labute approximate surface area is 166 Å². The number of ether oxygens (including phenoxy) is 2. The molecular formula is C20H30N4O4. The number of methoxy groups -OCH3 is 2. The molecule has 8 heteroatoms. The highest BCUT2D eigenvalue weighted by atomic mass is 16.5. The number of carbonyl (C=O) groups is 2. The smallest absolute Gasteiger partial charge is 0.244 e. The lowest BCUT2D eigenvalue weighted by molar-refractivity contribution is -0.132. The average molecular weight is 390 g/mol. The van der Waals surface area contributed by atoms with Gasteiger partial charge in [-0.15, -0.1) is 0 Å². The van der Waals surface area contributed by atoms with Crippen molar-refractivity contribution in [3.05, 3.63) is 18.2 Å². The molecule has 1 aromatic rings. The lowest BCUT2D eigenvalue weighted by Crippen LogP contribution is -2.47. The second-order valence-corrected chi connectivity index (χ2v) is 7.23. The van der Waals surface area contributed by atoms with E-state index in [-0.39, 0.29) is 17.9 Å². The Bertz CT molecular complexity index is 683. The minimum Gasteiger partial charge on any atom is -0.497 e. The van der Waals surface area contributed by atoms with Crippen LogP contribution in [0.15, 0.2) is 18.2 Å². The largest absolute Gasteiger partial charge is 0.497 e. The number of nitrogens with zero attached hydrogens (tertiary/aromatic N) is 3. The Morgan fingerprint density at radius 1 is 1.14 bits per heavy atom. The summed E-state index contributed by atoms with van der Waals surface area (Å²) >= 11 is 0. The molecule has 154 valence electrons. The summed E-state index contributed by atoms with van der Waals surface area (Å²) in [4.78, 5) is 31.0. The molecule has 0 radical (unpaired) electrons. The molecular weight excluding hydrogens is 360 g/mol. The molecule has 1 unspecified atom stereocenters. The average Bonchev–Trinajstić information content (AvgIpc) is 3.13. The summed E-state index contributed by atoms with van der Waals surface area (Å²) in [6.45, 7) is 4.43. The number of piperazine rings is 1. The van der Waals surface area contributed by atoms with E-state index in [1.807, 2.05) is 29.0 Å². The van der Waals surface area contributed by atoms with Crippen LogP contribution in [0.3, 0.4) is 0 Å². The highest BCUT2D eigenvalue weighted by molar-refractivity contribution is 5.99. The van der Waals surface area contributed by atoms with Crippen molar-refractivity contribution < 1.29 is 19.1 Å². The molecule has 0 spiro atoms. The lowest BCUT2D eigenvalue weighted by atomic mass is 10.2. The van der Waals surface area contributed by atoms with Gasteiger partial charge in [0.15, 0.2) is 0 Å². The van der Waals surface area contributed by atoms with Crippen molar-refractivity contribution in [3.8, 4) is 11.5 Å². The number of nitrogens with one attached hydrogen (secondary N) is 1. The number of carbonyl (C=O) groups excluding carboxylic acids is 2. The molecule has 0 aromatic heterocycles. The van der Waals surface area contributed by atoms with Crippen LogP contribution in [0.5, 0.6) is 11.5 Å². The minimum absolute atomic E-state index is 0.0485. The zero-order valence-corrected chi connectivity index (χ0v) is 16.9. The van der Waals surface area contributed by atoms with Gasteiger partial charge in [-0.3, -0.25) is 14.5 Å². The SMILES string of the molecule is COc1cc(OC)cc(N2CCC(N(C)CCC(=O)N3CCNCC3)C2=O)c1. The van der Waals surface area contributed by atoms with Gasteiger partial charge in [0.25, 0.3) is 0 Å². The standard InChI is InChI=1S/C20H30N4O4/c1-22(8-5-19(25)23-10-6-21-7-11-23)18-4-9-24(20(18)26)15-12-16(27-2)14-17(13-15)28-3/h12-14,18,21H,4-11H2,1-3H3. The molecule has 2 amide bonds. The van der Waals surface area contributed by atoms with Crippen LogP contribution >= 0.6 is 0 Å². The number of anilines is 1. The molecule has 8 nitrogen and oxygen atoms in total. The second kappa shape index (κ2) is 9.25. The highest BCUT2D eigenvalue weighted by Crippen LogP contribution is 2.31. The molecule has 3 rings (SSSR count). The van der Waals surface area contributed by atoms with Crippen LogP contribution in [0.4, 0.5) is 5.69 Å². The van der Waals surface area contributed by atoms with E-state index in [0.29, 0.717) is 31.0 Å². The first-order chi connectivity index (χ1) is 13.5. The summed E-state index contributed by atoms with van der Waals surface area (Å²) in [6.07, 6.45) is 1.17. The van der Waals surface area contributed by atoms with E-state index in [1.165, 1.54) is 0 Å². The maximum absolute atomic E-state index is 13.0. The van der Waals surface area contributed by atoms with Crippen LogP contribution in [0.1, 0.15) is 12.8 Å². The molecule has 1 aromatic carbocycles. The van der Waals surface area contributed by atoms with Gasteiger partial charge in [0.1, 0.15) is 11.5 Å². The number of hydrogen-bond donors (Lipinski definition) is 1. The number of rotatable bonds is 7. The summed E-state index contributed by atoms with van der Waals surface area (Å²) in [5.41, 5.74) is 0.772. The fourth-order valence-corrected chi connectivity index (χ4v) is 3.78. The molecule has 0 aliphatic carbocycles. The summed E-state index contributed by atoms with van der Waals surface area (Å²) in [7, 11) is 5.11. The third-order valence-corrected chi connectivity index (χ3v) is 5.51. The topological polar surface area (TPSA) is 74.4 Å². The molecule has 1 atom stereocenters. The van der Waals surface area contributed by atoms with E-state index in [9.17, 15) is 9.59 Å². The third-order valence-electron chi connectivity index (χ3n) is 5.51. The molecule has 2 fully saturated rings. The number of likely N-dealkylation sites (N-methyl/N-ethyl adjacent to an activating group) is 1. The van der Waals surface area contributed by atoms with Gasteiger partial charge in [-0.25, -0.2) is 0 Å². The van der Waals surface area contributed by atoms with E-state index in [1.54, 1.807) is 25.2 Å². The van der Waals surface area contributed by atoms with Crippen molar-refractivity contribution in [1.82, 2.24) is 15.1 Å². The van der Waals surface area contributed by atoms with E-state index in [4.69, 9.17) is 9.47 Å². The van der Waals surface area contributed by atoms with E-state index in [0.717, 1.165) is 38.3 Å². The molecule has 2 saturated heterocycles. The van der Waals surface area contributed by atoms with Crippen molar-refractivity contribution in [2.45, 2.75) is 18.9 Å². The van der Waals surface area contributed by atoms with Crippen molar-refractivity contribution in [2.75, 3.05) is 65.4 Å². The second-order valence-electron chi connectivity index (χ2n) is 7.23. The fourth-order valence-electron chi connectivity index (χ4n) is 3.78. The number of hydrogen-bond acceptors (Lipinski definition) is 6. The fraction of sp³-hybridized carbons (Fsp3) is 0.600. The molecule has 0 bridgehead atoms. The van der Waals surface area contributed by atoms with Crippen LogP contribution in [0.2, 0.25) is 0 Å². The Morgan fingerprint density at radius 2 is 1.79 bits per heavy atom. The summed E-state index contributed by atoms with van der Waals surface area (Å²) < 4.78 is 10.6. The molecule has 28 heavy (non-hydrogen) atoms. The zero-order chi connectivity index (χ0) is 20.1. The van der Waals surface area contributed by atoms with E-state index < -0.39 is 0 Å². The normalized spacial score (nSPS) is 20.0. The van der Waals surface area contributed by atoms with Gasteiger partial charge in [0, 0.05) is 63.9 Å². The number of amides is 2. The van der Waals surface area contributed by atoms with E-state index >= 15 is 0 Å². The summed E-state index contributed by atoms with van der Waals surface area (Å²) in [6, 6.07) is 5.26. The third kappa shape index (κ3) is 4.56. The van der Waals surface area contributed by atoms with Crippen LogP contribution in [0.25, 0.3) is 0 Å². The predicted octanol–water partition coefficient (Wildman–Crippen LogP) is 0.563. The highest BCUT2D eigenvalue weighted by Gasteiger charge is 2.35. The number of benzene rings is 1. The molecule has 2 aliphatic heterocycles. The Morgan fingerprint density at radius 3 is 2.39 bits per heavy atom. The zero-order valence-electron chi connectivity index (χ0n) is 16.9. The van der Waals surface area contributed by atoms with Crippen molar-refractivity contribution in [3.63, 3.8) is 0 Å². The maximum Gasteiger partial charge on any atom is 0.244 e. The first kappa shape index (κ1) is 20.4. The lowest BCUT2D eigenvalue weighted by Gasteiger charge is -2.29.